The number of rotatable bonds is 3. The van der Waals surface area contributed by atoms with Crippen molar-refractivity contribution in [1.29, 1.82) is 0 Å². The molecule has 0 unspecified atom stereocenters. The summed E-state index contributed by atoms with van der Waals surface area (Å²) in [6.07, 6.45) is 3.47. The highest BCUT2D eigenvalue weighted by atomic mass is 16.3. The summed E-state index contributed by atoms with van der Waals surface area (Å²) in [4.78, 5) is 11.8. The number of aryl methyl sites for hydroxylation is 1. The van der Waals surface area contributed by atoms with Crippen LogP contribution in [-0.4, -0.2) is 20.8 Å². The summed E-state index contributed by atoms with van der Waals surface area (Å²) >= 11 is 0. The Morgan fingerprint density at radius 3 is 2.22 bits per heavy atom. The number of hydrogen-bond acceptors (Lipinski definition) is 2. The van der Waals surface area contributed by atoms with Crippen molar-refractivity contribution in [2.75, 3.05) is 6.61 Å². The lowest BCUT2D eigenvalue weighted by atomic mass is 9.85. The van der Waals surface area contributed by atoms with Gasteiger partial charge in [-0.1, -0.05) is 26.0 Å². The summed E-state index contributed by atoms with van der Waals surface area (Å²) in [6, 6.07) is 7.69. The average Bonchev–Trinajstić information content (AvgIpc) is 2.70. The average molecular weight is 246 g/mol. The molecule has 2 aromatic rings. The summed E-state index contributed by atoms with van der Waals surface area (Å²) in [7, 11) is 1.72. The van der Waals surface area contributed by atoms with E-state index in [1.165, 1.54) is 4.57 Å². The van der Waals surface area contributed by atoms with E-state index in [4.69, 9.17) is 0 Å². The maximum atomic E-state index is 11.8. The van der Waals surface area contributed by atoms with Crippen molar-refractivity contribution in [2.24, 2.45) is 7.05 Å². The molecule has 0 bridgehead atoms. The maximum absolute atomic E-state index is 11.8. The molecule has 96 valence electrons. The first-order chi connectivity index (χ1) is 8.45. The van der Waals surface area contributed by atoms with Crippen molar-refractivity contribution < 1.29 is 5.11 Å². The van der Waals surface area contributed by atoms with Crippen LogP contribution in [0.15, 0.2) is 41.5 Å². The fourth-order valence-electron chi connectivity index (χ4n) is 1.83. The second kappa shape index (κ2) is 4.46. The van der Waals surface area contributed by atoms with Crippen molar-refractivity contribution in [3.05, 3.63) is 52.7 Å². The molecule has 4 heteroatoms. The van der Waals surface area contributed by atoms with Crippen LogP contribution in [0, 0.1) is 0 Å². The summed E-state index contributed by atoms with van der Waals surface area (Å²) in [5, 5.41) is 9.32. The molecule has 0 atom stereocenters. The van der Waals surface area contributed by atoms with Crippen LogP contribution in [0.3, 0.4) is 0 Å². The van der Waals surface area contributed by atoms with E-state index in [-0.39, 0.29) is 17.7 Å². The Kier molecular flexibility index (Phi) is 3.13. The van der Waals surface area contributed by atoms with E-state index in [1.807, 2.05) is 38.1 Å². The number of aromatic nitrogens is 2. The summed E-state index contributed by atoms with van der Waals surface area (Å²) in [6.45, 7) is 4.06. The van der Waals surface area contributed by atoms with Gasteiger partial charge in [-0.2, -0.15) is 0 Å². The molecule has 0 fully saturated rings. The van der Waals surface area contributed by atoms with Gasteiger partial charge >= 0.3 is 5.69 Å². The zero-order valence-corrected chi connectivity index (χ0v) is 10.9. The Morgan fingerprint density at radius 1 is 1.17 bits per heavy atom. The van der Waals surface area contributed by atoms with Crippen LogP contribution in [0.4, 0.5) is 0 Å². The van der Waals surface area contributed by atoms with Gasteiger partial charge in [-0.25, -0.2) is 4.79 Å². The monoisotopic (exact) mass is 246 g/mol. The topological polar surface area (TPSA) is 47.2 Å². The van der Waals surface area contributed by atoms with Crippen LogP contribution in [0.25, 0.3) is 5.69 Å². The lowest BCUT2D eigenvalue weighted by Crippen LogP contribution is -2.23. The Morgan fingerprint density at radius 2 is 1.78 bits per heavy atom. The van der Waals surface area contributed by atoms with Crippen LogP contribution in [0.5, 0.6) is 0 Å². The van der Waals surface area contributed by atoms with E-state index in [9.17, 15) is 9.90 Å². The molecule has 0 amide bonds. The number of aliphatic hydroxyl groups is 1. The minimum atomic E-state index is -0.264. The minimum absolute atomic E-state index is 0.0656. The van der Waals surface area contributed by atoms with Gasteiger partial charge in [0.05, 0.1) is 12.3 Å². The van der Waals surface area contributed by atoms with E-state index in [0.717, 1.165) is 11.3 Å². The molecule has 4 nitrogen and oxygen atoms in total. The zero-order chi connectivity index (χ0) is 13.3. The Hall–Kier alpha value is -1.81. The quantitative estimate of drug-likeness (QED) is 0.891. The molecule has 0 spiro atoms. The zero-order valence-electron chi connectivity index (χ0n) is 10.9. The van der Waals surface area contributed by atoms with E-state index in [0.29, 0.717) is 0 Å². The molecule has 0 saturated carbocycles. The van der Waals surface area contributed by atoms with Gasteiger partial charge in [0.25, 0.3) is 0 Å². The predicted octanol–water partition coefficient (Wildman–Crippen LogP) is 1.45. The van der Waals surface area contributed by atoms with Crippen molar-refractivity contribution in [3.8, 4) is 5.69 Å². The fourth-order valence-corrected chi connectivity index (χ4v) is 1.83. The third-order valence-electron chi connectivity index (χ3n) is 3.27. The van der Waals surface area contributed by atoms with Crippen molar-refractivity contribution >= 4 is 0 Å². The molecule has 1 aromatic heterocycles. The van der Waals surface area contributed by atoms with Gasteiger partial charge in [0.1, 0.15) is 0 Å². The summed E-state index contributed by atoms with van der Waals surface area (Å²) in [5.74, 6) is 0. The highest BCUT2D eigenvalue weighted by Crippen LogP contribution is 2.23. The number of nitrogens with zero attached hydrogens (tertiary/aromatic N) is 2. The second-order valence-electron chi connectivity index (χ2n) is 5.15. The number of hydrogen-bond donors (Lipinski definition) is 1. The molecule has 0 aliphatic carbocycles. The first kappa shape index (κ1) is 12.6. The molecule has 2 rings (SSSR count). The smallest absolute Gasteiger partial charge is 0.332 e. The highest BCUT2D eigenvalue weighted by Gasteiger charge is 2.19. The molecular formula is C14H18N2O2. The molecule has 0 radical (unpaired) electrons. The third kappa shape index (κ3) is 2.11. The highest BCUT2D eigenvalue weighted by molar-refractivity contribution is 5.37. The second-order valence-corrected chi connectivity index (χ2v) is 5.15. The summed E-state index contributed by atoms with van der Waals surface area (Å²) in [5.41, 5.74) is 1.56. The van der Waals surface area contributed by atoms with Gasteiger partial charge in [0.15, 0.2) is 0 Å². The predicted molar refractivity (Wildman–Crippen MR) is 71.1 cm³/mol. The van der Waals surface area contributed by atoms with Crippen LogP contribution in [0.1, 0.15) is 19.4 Å². The Labute approximate surface area is 106 Å². The van der Waals surface area contributed by atoms with E-state index < -0.39 is 0 Å². The SMILES string of the molecule is Cn1ccn(-c2ccc(C(C)(C)CO)cc2)c1=O. The van der Waals surface area contributed by atoms with E-state index in [2.05, 4.69) is 0 Å². The Bertz CT molecular complexity index is 591. The van der Waals surface area contributed by atoms with Crippen LogP contribution < -0.4 is 5.69 Å². The van der Waals surface area contributed by atoms with Gasteiger partial charge in [0, 0.05) is 24.9 Å². The normalized spacial score (nSPS) is 11.8. The van der Waals surface area contributed by atoms with Crippen LogP contribution in [-0.2, 0) is 12.5 Å². The molecule has 1 heterocycles. The fraction of sp³-hybridized carbons (Fsp3) is 0.357. The van der Waals surface area contributed by atoms with E-state index >= 15 is 0 Å². The maximum Gasteiger partial charge on any atom is 0.332 e. The molecule has 0 saturated heterocycles. The van der Waals surface area contributed by atoms with Crippen molar-refractivity contribution in [3.63, 3.8) is 0 Å². The molecule has 1 N–H and O–H groups in total. The number of imidazole rings is 1. The molecular weight excluding hydrogens is 228 g/mol. The van der Waals surface area contributed by atoms with Gasteiger partial charge in [-0.3, -0.25) is 4.57 Å². The minimum Gasteiger partial charge on any atom is -0.395 e. The van der Waals surface area contributed by atoms with Crippen molar-refractivity contribution in [2.45, 2.75) is 19.3 Å². The largest absolute Gasteiger partial charge is 0.395 e. The first-order valence-corrected chi connectivity index (χ1v) is 5.91. The Balaban J connectivity index is 2.40. The molecule has 1 aromatic carbocycles. The number of aliphatic hydroxyl groups excluding tert-OH is 1. The van der Waals surface area contributed by atoms with Gasteiger partial charge in [-0.15, -0.1) is 0 Å². The number of benzene rings is 1. The first-order valence-electron chi connectivity index (χ1n) is 5.91. The third-order valence-corrected chi connectivity index (χ3v) is 3.27. The standard InChI is InChI=1S/C14H18N2O2/c1-14(2,10-17)11-4-6-12(7-5-11)16-9-8-15(3)13(16)18/h4-9,17H,10H2,1-3H3. The van der Waals surface area contributed by atoms with Crippen LogP contribution >= 0.6 is 0 Å². The van der Waals surface area contributed by atoms with E-state index in [1.54, 1.807) is 24.0 Å². The van der Waals surface area contributed by atoms with Gasteiger partial charge < -0.3 is 9.67 Å². The van der Waals surface area contributed by atoms with Gasteiger partial charge in [0.2, 0.25) is 0 Å². The summed E-state index contributed by atoms with van der Waals surface area (Å²) < 4.78 is 3.13. The lowest BCUT2D eigenvalue weighted by molar-refractivity contribution is 0.218. The van der Waals surface area contributed by atoms with Crippen LogP contribution in [0.2, 0.25) is 0 Å². The van der Waals surface area contributed by atoms with Crippen molar-refractivity contribution in [1.82, 2.24) is 9.13 Å². The lowest BCUT2D eigenvalue weighted by Gasteiger charge is -2.22. The molecule has 0 aliphatic heterocycles. The molecule has 18 heavy (non-hydrogen) atoms. The van der Waals surface area contributed by atoms with Gasteiger partial charge in [-0.05, 0) is 17.7 Å². The molecule has 0 aliphatic rings.